The van der Waals surface area contributed by atoms with E-state index < -0.39 is 16.1 Å². The summed E-state index contributed by atoms with van der Waals surface area (Å²) in [5.74, 6) is -0.669. The van der Waals surface area contributed by atoms with Gasteiger partial charge >= 0.3 is 5.97 Å². The second kappa shape index (κ2) is 7.90. The molecule has 6 nitrogen and oxygen atoms in total. The molecule has 128 valence electrons. The Bertz CT molecular complexity index is 665. The minimum absolute atomic E-state index is 0.00733. The Kier molecular flexibility index (Phi) is 6.15. The van der Waals surface area contributed by atoms with Gasteiger partial charge in [0.05, 0.1) is 4.90 Å². The molecule has 0 saturated heterocycles. The number of carbonyl (C=O) groups is 1. The maximum Gasteiger partial charge on any atom is 0.342 e. The molecule has 0 fully saturated rings. The number of hydrogen-bond donors (Lipinski definition) is 2. The quantitative estimate of drug-likeness (QED) is 0.342. The summed E-state index contributed by atoms with van der Waals surface area (Å²) in [7, 11) is -4.23. The standard InChI is InChI=1S/C16H22O6S/c17-16(22-18)9-3-1-2-8-14-10-12-6-4-5-7-13(12)11-15(14)23(19,20)21/h10-11,18H,1-9H2,(H,19,20,21). The molecule has 0 saturated carbocycles. The first kappa shape index (κ1) is 17.9. The third-order valence-corrected chi connectivity index (χ3v) is 5.17. The zero-order chi connectivity index (χ0) is 16.9. The van der Waals surface area contributed by atoms with Crippen molar-refractivity contribution in [3.05, 3.63) is 28.8 Å². The van der Waals surface area contributed by atoms with Crippen LogP contribution in [0, 0.1) is 0 Å². The number of benzene rings is 1. The molecule has 0 bridgehead atoms. The second-order valence-corrected chi connectivity index (χ2v) is 7.32. The molecule has 1 aliphatic rings. The summed E-state index contributed by atoms with van der Waals surface area (Å²) in [6, 6.07) is 3.52. The minimum Gasteiger partial charge on any atom is -0.301 e. The number of hydrogen-bond acceptors (Lipinski definition) is 5. The van der Waals surface area contributed by atoms with Gasteiger partial charge in [-0.25, -0.2) is 4.79 Å². The molecule has 7 heteroatoms. The summed E-state index contributed by atoms with van der Waals surface area (Å²) < 4.78 is 32.7. The van der Waals surface area contributed by atoms with Crippen LogP contribution >= 0.6 is 0 Å². The van der Waals surface area contributed by atoms with Crippen molar-refractivity contribution in [2.24, 2.45) is 0 Å². The topological polar surface area (TPSA) is 101 Å². The number of aryl methyl sites for hydroxylation is 3. The molecule has 0 radical (unpaired) electrons. The first-order valence-electron chi connectivity index (χ1n) is 7.88. The zero-order valence-corrected chi connectivity index (χ0v) is 13.8. The van der Waals surface area contributed by atoms with Gasteiger partial charge in [-0.3, -0.25) is 4.55 Å². The summed E-state index contributed by atoms with van der Waals surface area (Å²) >= 11 is 0. The summed E-state index contributed by atoms with van der Waals surface area (Å²) in [4.78, 5) is 14.4. The monoisotopic (exact) mass is 342 g/mol. The largest absolute Gasteiger partial charge is 0.342 e. The van der Waals surface area contributed by atoms with Crippen LogP contribution in [0.25, 0.3) is 0 Å². The number of carbonyl (C=O) groups excluding carboxylic acids is 1. The van der Waals surface area contributed by atoms with E-state index in [0.29, 0.717) is 31.2 Å². The van der Waals surface area contributed by atoms with Crippen molar-refractivity contribution in [2.75, 3.05) is 0 Å². The Morgan fingerprint density at radius 2 is 1.74 bits per heavy atom. The predicted octanol–water partition coefficient (Wildman–Crippen LogP) is 2.93. The van der Waals surface area contributed by atoms with E-state index in [-0.39, 0.29) is 11.3 Å². The first-order chi connectivity index (χ1) is 10.9. The Morgan fingerprint density at radius 1 is 1.09 bits per heavy atom. The fourth-order valence-electron chi connectivity index (χ4n) is 3.06. The van der Waals surface area contributed by atoms with Crippen molar-refractivity contribution < 1.29 is 27.9 Å². The van der Waals surface area contributed by atoms with Gasteiger partial charge in [0.1, 0.15) is 0 Å². The highest BCUT2D eigenvalue weighted by Gasteiger charge is 2.20. The van der Waals surface area contributed by atoms with Crippen LogP contribution in [-0.4, -0.2) is 24.2 Å². The van der Waals surface area contributed by atoms with Crippen molar-refractivity contribution in [3.8, 4) is 0 Å². The van der Waals surface area contributed by atoms with Crippen LogP contribution in [-0.2, 0) is 39.1 Å². The molecule has 1 aliphatic carbocycles. The highest BCUT2D eigenvalue weighted by molar-refractivity contribution is 7.85. The van der Waals surface area contributed by atoms with Crippen LogP contribution in [0.5, 0.6) is 0 Å². The van der Waals surface area contributed by atoms with E-state index >= 15 is 0 Å². The summed E-state index contributed by atoms with van der Waals surface area (Å²) in [6.07, 6.45) is 6.54. The summed E-state index contributed by atoms with van der Waals surface area (Å²) in [5.41, 5.74) is 2.82. The number of unbranched alkanes of at least 4 members (excludes halogenated alkanes) is 2. The summed E-state index contributed by atoms with van der Waals surface area (Å²) in [5, 5.41) is 8.16. The normalized spacial score (nSPS) is 14.3. The lowest BCUT2D eigenvalue weighted by molar-refractivity contribution is -0.234. The molecule has 0 aliphatic heterocycles. The smallest absolute Gasteiger partial charge is 0.301 e. The molecular formula is C16H22O6S. The first-order valence-corrected chi connectivity index (χ1v) is 9.32. The molecule has 0 atom stereocenters. The maximum absolute atomic E-state index is 11.6. The number of fused-ring (bicyclic) bond motifs is 1. The van der Waals surface area contributed by atoms with Gasteiger partial charge in [0.25, 0.3) is 10.1 Å². The van der Waals surface area contributed by atoms with Crippen molar-refractivity contribution in [1.29, 1.82) is 0 Å². The van der Waals surface area contributed by atoms with E-state index in [1.54, 1.807) is 6.07 Å². The van der Waals surface area contributed by atoms with Crippen LogP contribution < -0.4 is 0 Å². The van der Waals surface area contributed by atoms with Gasteiger partial charge in [0.2, 0.25) is 0 Å². The maximum atomic E-state index is 11.6. The molecule has 0 amide bonds. The van der Waals surface area contributed by atoms with Crippen molar-refractivity contribution in [1.82, 2.24) is 0 Å². The van der Waals surface area contributed by atoms with E-state index in [1.165, 1.54) is 5.56 Å². The van der Waals surface area contributed by atoms with Gasteiger partial charge in [-0.15, -0.1) is 0 Å². The molecule has 23 heavy (non-hydrogen) atoms. The lowest BCUT2D eigenvalue weighted by Crippen LogP contribution is -2.10. The van der Waals surface area contributed by atoms with Crippen LogP contribution in [0.15, 0.2) is 17.0 Å². The van der Waals surface area contributed by atoms with E-state index in [9.17, 15) is 17.8 Å². The Morgan fingerprint density at radius 3 is 2.35 bits per heavy atom. The fourth-order valence-corrected chi connectivity index (χ4v) is 3.84. The van der Waals surface area contributed by atoms with Gasteiger partial charge in [-0.2, -0.15) is 13.7 Å². The second-order valence-electron chi connectivity index (χ2n) is 5.93. The number of rotatable bonds is 7. The highest BCUT2D eigenvalue weighted by atomic mass is 32.2. The molecule has 0 unspecified atom stereocenters. The predicted molar refractivity (Wildman–Crippen MR) is 83.8 cm³/mol. The summed E-state index contributed by atoms with van der Waals surface area (Å²) in [6.45, 7) is 0. The zero-order valence-electron chi connectivity index (χ0n) is 13.0. The van der Waals surface area contributed by atoms with Gasteiger partial charge < -0.3 is 4.89 Å². The minimum atomic E-state index is -4.23. The molecule has 2 N–H and O–H groups in total. The van der Waals surface area contributed by atoms with Crippen LogP contribution in [0.2, 0.25) is 0 Å². The Hall–Kier alpha value is -1.44. The molecule has 0 spiro atoms. The molecule has 0 heterocycles. The van der Waals surface area contributed by atoms with Gasteiger partial charge in [-0.1, -0.05) is 12.5 Å². The molecule has 1 aromatic carbocycles. The Balaban J connectivity index is 2.06. The van der Waals surface area contributed by atoms with Crippen LogP contribution in [0.3, 0.4) is 0 Å². The Labute approximate surface area is 136 Å². The average molecular weight is 342 g/mol. The van der Waals surface area contributed by atoms with E-state index in [2.05, 4.69) is 4.89 Å². The van der Waals surface area contributed by atoms with Crippen molar-refractivity contribution >= 4 is 16.1 Å². The van der Waals surface area contributed by atoms with Crippen molar-refractivity contribution in [3.63, 3.8) is 0 Å². The third-order valence-electron chi connectivity index (χ3n) is 4.23. The van der Waals surface area contributed by atoms with E-state index in [4.69, 9.17) is 5.26 Å². The molecule has 1 aromatic rings. The lowest BCUT2D eigenvalue weighted by atomic mass is 9.89. The van der Waals surface area contributed by atoms with Crippen LogP contribution in [0.1, 0.15) is 55.2 Å². The van der Waals surface area contributed by atoms with Gasteiger partial charge in [0, 0.05) is 6.42 Å². The van der Waals surface area contributed by atoms with E-state index in [0.717, 1.165) is 31.2 Å². The fraction of sp³-hybridized carbons (Fsp3) is 0.562. The average Bonchev–Trinajstić information content (AvgIpc) is 2.52. The van der Waals surface area contributed by atoms with Gasteiger partial charge in [-0.05, 0) is 67.7 Å². The van der Waals surface area contributed by atoms with Crippen molar-refractivity contribution in [2.45, 2.75) is 62.7 Å². The highest BCUT2D eigenvalue weighted by Crippen LogP contribution is 2.28. The molecule has 2 rings (SSSR count). The SMILES string of the molecule is O=C(CCCCCc1cc2c(cc1S(=O)(=O)O)CCCC2)OO. The third kappa shape index (κ3) is 5.02. The van der Waals surface area contributed by atoms with E-state index in [1.807, 2.05) is 6.07 Å². The molecule has 0 aromatic heterocycles. The molecular weight excluding hydrogens is 320 g/mol. The van der Waals surface area contributed by atoms with Crippen LogP contribution in [0.4, 0.5) is 0 Å². The lowest BCUT2D eigenvalue weighted by Gasteiger charge is -2.19. The van der Waals surface area contributed by atoms with Gasteiger partial charge in [0.15, 0.2) is 0 Å².